The number of hydrogen-bond donors (Lipinski definition) is 2. The molecule has 0 bridgehead atoms. The third kappa shape index (κ3) is 4.82. The number of hydrogen-bond acceptors (Lipinski definition) is 6. The Bertz CT molecular complexity index is 1250. The van der Waals surface area contributed by atoms with E-state index in [4.69, 9.17) is 9.84 Å². The molecule has 0 radical (unpaired) electrons. The van der Waals surface area contributed by atoms with Gasteiger partial charge in [0.1, 0.15) is 5.82 Å². The van der Waals surface area contributed by atoms with Gasteiger partial charge in [-0.3, -0.25) is 4.79 Å². The Morgan fingerprint density at radius 2 is 2.00 bits per heavy atom. The molecule has 2 aromatic rings. The number of amides is 1. The van der Waals surface area contributed by atoms with Crippen LogP contribution in [-0.4, -0.2) is 47.7 Å². The van der Waals surface area contributed by atoms with Crippen molar-refractivity contribution in [2.24, 2.45) is 11.8 Å². The van der Waals surface area contributed by atoms with Crippen LogP contribution >= 0.6 is 0 Å². The van der Waals surface area contributed by atoms with Gasteiger partial charge >= 0.3 is 12.2 Å². The number of carbonyl (C=O) groups is 2. The van der Waals surface area contributed by atoms with Crippen LogP contribution in [0.15, 0.2) is 35.3 Å². The summed E-state index contributed by atoms with van der Waals surface area (Å²) in [7, 11) is 0. The van der Waals surface area contributed by atoms with Crippen LogP contribution in [0.25, 0.3) is 10.9 Å². The molecule has 1 aliphatic carbocycles. The van der Waals surface area contributed by atoms with Gasteiger partial charge in [-0.1, -0.05) is 12.2 Å². The van der Waals surface area contributed by atoms with E-state index in [2.05, 4.69) is 16.1 Å². The number of aromatic nitrogens is 1. The topological polar surface area (TPSA) is 110 Å². The number of nitrogens with one attached hydrogen (secondary N) is 1. The maximum Gasteiger partial charge on any atom is 0.511 e. The van der Waals surface area contributed by atoms with Crippen LogP contribution in [0.4, 0.5) is 19.7 Å². The van der Waals surface area contributed by atoms with Crippen molar-refractivity contribution in [2.75, 3.05) is 24.6 Å². The van der Waals surface area contributed by atoms with Crippen LogP contribution in [0.3, 0.4) is 0 Å². The molecule has 3 atom stereocenters. The predicted molar refractivity (Wildman–Crippen MR) is 129 cm³/mol. The molecule has 35 heavy (non-hydrogen) atoms. The summed E-state index contributed by atoms with van der Waals surface area (Å²) in [5.74, 6) is -0.755. The van der Waals surface area contributed by atoms with Gasteiger partial charge < -0.3 is 29.4 Å². The van der Waals surface area contributed by atoms with Gasteiger partial charge in [-0.15, -0.1) is 0 Å². The fourth-order valence-electron chi connectivity index (χ4n) is 5.02. The number of ether oxygens (including phenoxy) is 2. The molecule has 1 amide bonds. The molecule has 10 heteroatoms. The number of rotatable bonds is 4. The van der Waals surface area contributed by atoms with E-state index in [-0.39, 0.29) is 35.6 Å². The molecular weight excluding hydrogens is 457 g/mol. The van der Waals surface area contributed by atoms with Gasteiger partial charge in [0.05, 0.1) is 29.4 Å². The van der Waals surface area contributed by atoms with Crippen molar-refractivity contribution in [1.29, 1.82) is 0 Å². The minimum absolute atomic E-state index is 0.0401. The van der Waals surface area contributed by atoms with E-state index in [1.165, 1.54) is 6.20 Å². The van der Waals surface area contributed by atoms with Gasteiger partial charge in [-0.05, 0) is 46.2 Å². The highest BCUT2D eigenvalue weighted by atomic mass is 19.1. The molecule has 1 aliphatic heterocycles. The van der Waals surface area contributed by atoms with Crippen LogP contribution in [0, 0.1) is 17.7 Å². The predicted octanol–water partition coefficient (Wildman–Crippen LogP) is 4.08. The van der Waals surface area contributed by atoms with Gasteiger partial charge in [-0.2, -0.15) is 0 Å². The summed E-state index contributed by atoms with van der Waals surface area (Å²) in [6, 6.07) is 2.66. The van der Waals surface area contributed by atoms with Crippen LogP contribution in [0.5, 0.6) is 5.75 Å². The van der Waals surface area contributed by atoms with Crippen molar-refractivity contribution in [2.45, 2.75) is 45.7 Å². The van der Waals surface area contributed by atoms with Gasteiger partial charge in [-0.25, -0.2) is 14.0 Å². The fourth-order valence-corrected chi connectivity index (χ4v) is 5.02. The van der Waals surface area contributed by atoms with Crippen molar-refractivity contribution in [3.05, 3.63) is 46.5 Å². The highest BCUT2D eigenvalue weighted by Crippen LogP contribution is 2.38. The summed E-state index contributed by atoms with van der Waals surface area (Å²) in [5, 5.41) is 12.0. The van der Waals surface area contributed by atoms with E-state index in [0.29, 0.717) is 30.7 Å². The number of anilines is 1. The Morgan fingerprint density at radius 1 is 1.26 bits per heavy atom. The molecule has 0 spiro atoms. The van der Waals surface area contributed by atoms with E-state index >= 15 is 4.39 Å². The molecule has 2 heterocycles. The summed E-state index contributed by atoms with van der Waals surface area (Å²) < 4.78 is 26.8. The smallest absolute Gasteiger partial charge is 0.450 e. The van der Waals surface area contributed by atoms with Crippen molar-refractivity contribution in [3.8, 4) is 5.75 Å². The van der Waals surface area contributed by atoms with Gasteiger partial charge in [0, 0.05) is 36.5 Å². The normalized spacial score (nSPS) is 21.6. The van der Waals surface area contributed by atoms with Gasteiger partial charge in [0.25, 0.3) is 0 Å². The van der Waals surface area contributed by atoms with Gasteiger partial charge in [0.15, 0.2) is 5.75 Å². The summed E-state index contributed by atoms with van der Waals surface area (Å²) in [4.78, 5) is 37.9. The average molecular weight is 488 g/mol. The molecule has 2 N–H and O–H groups in total. The second-order valence-electron chi connectivity index (χ2n) is 9.92. The minimum atomic E-state index is -1.61. The van der Waals surface area contributed by atoms with Crippen LogP contribution in [0.1, 0.15) is 34.1 Å². The molecule has 1 fully saturated rings. The summed E-state index contributed by atoms with van der Waals surface area (Å²) in [6.45, 7) is 8.80. The first-order valence-electron chi connectivity index (χ1n) is 11.6. The summed E-state index contributed by atoms with van der Waals surface area (Å²) in [5.41, 5.74) is -0.415. The largest absolute Gasteiger partial charge is 0.511 e. The van der Waals surface area contributed by atoms with E-state index in [9.17, 15) is 14.4 Å². The minimum Gasteiger partial charge on any atom is -0.450 e. The lowest BCUT2D eigenvalue weighted by Gasteiger charge is -2.29. The standard InChI is InChI=1S/C25H30FN3O6/c1-5-34-23(31)27-18-8-6-7-14-11-28(12-16(14)18)20-10-19-15(9-17(20)26)22(30)21(35-24(32)33)13-29(19)25(2,3)4/h6-7,9-10,13-14,16,18H,5,8,11-12H2,1-4H3,(H,27,31)(H,32,33). The third-order valence-electron chi connectivity index (χ3n) is 6.58. The number of halogens is 1. The third-order valence-corrected chi connectivity index (χ3v) is 6.58. The Balaban J connectivity index is 1.73. The maximum absolute atomic E-state index is 15.4. The van der Waals surface area contributed by atoms with Gasteiger partial charge in [0.2, 0.25) is 5.43 Å². The van der Waals surface area contributed by atoms with Crippen molar-refractivity contribution in [3.63, 3.8) is 0 Å². The highest BCUT2D eigenvalue weighted by molar-refractivity contribution is 5.85. The van der Waals surface area contributed by atoms with Crippen molar-refractivity contribution in [1.82, 2.24) is 9.88 Å². The first kappa shape index (κ1) is 24.6. The molecule has 0 saturated carbocycles. The molecule has 2 aliphatic rings. The molecule has 1 saturated heterocycles. The molecule has 1 aromatic heterocycles. The molecule has 4 rings (SSSR count). The molecule has 3 unspecified atom stereocenters. The Kier molecular flexibility index (Phi) is 6.48. The SMILES string of the molecule is CCOC(=O)NC1CC=CC2CN(c3cc4c(cc3F)c(=O)c(OC(=O)O)cn4C(C)(C)C)CC21. The number of nitrogens with zero attached hydrogens (tertiary/aromatic N) is 2. The summed E-state index contributed by atoms with van der Waals surface area (Å²) in [6.07, 6.45) is 4.08. The second kappa shape index (κ2) is 9.24. The first-order chi connectivity index (χ1) is 16.5. The zero-order valence-electron chi connectivity index (χ0n) is 20.2. The van der Waals surface area contributed by atoms with Crippen LogP contribution in [0.2, 0.25) is 0 Å². The lowest BCUT2D eigenvalue weighted by atomic mass is 9.83. The summed E-state index contributed by atoms with van der Waals surface area (Å²) >= 11 is 0. The number of carboxylic acid groups (broad SMARTS) is 1. The van der Waals surface area contributed by atoms with Crippen molar-refractivity contribution < 1.29 is 28.6 Å². The Hall–Kier alpha value is -3.56. The Morgan fingerprint density at radius 3 is 2.66 bits per heavy atom. The first-order valence-corrected chi connectivity index (χ1v) is 11.6. The molecular formula is C25H30FN3O6. The average Bonchev–Trinajstić information content (AvgIpc) is 3.20. The number of fused-ring (bicyclic) bond motifs is 2. The lowest BCUT2D eigenvalue weighted by Crippen LogP contribution is -2.44. The van der Waals surface area contributed by atoms with Crippen LogP contribution < -0.4 is 20.4 Å². The second-order valence-corrected chi connectivity index (χ2v) is 9.92. The maximum atomic E-state index is 15.4. The van der Waals surface area contributed by atoms with E-state index in [1.54, 1.807) is 17.6 Å². The quantitative estimate of drug-likeness (QED) is 0.494. The highest BCUT2D eigenvalue weighted by Gasteiger charge is 2.40. The number of carbonyl (C=O) groups excluding carboxylic acids is 1. The van der Waals surface area contributed by atoms with E-state index < -0.39 is 29.0 Å². The molecule has 1 aromatic carbocycles. The number of alkyl carbamates (subject to hydrolysis) is 1. The number of benzene rings is 1. The van der Waals surface area contributed by atoms with Crippen molar-refractivity contribution >= 4 is 28.8 Å². The monoisotopic (exact) mass is 487 g/mol. The number of pyridine rings is 1. The lowest BCUT2D eigenvalue weighted by molar-refractivity contribution is 0.141. The fraction of sp³-hybridized carbons (Fsp3) is 0.480. The Labute approximate surface area is 202 Å². The van der Waals surface area contributed by atoms with Crippen LogP contribution in [-0.2, 0) is 10.3 Å². The zero-order chi connectivity index (χ0) is 25.5. The zero-order valence-corrected chi connectivity index (χ0v) is 20.2. The van der Waals surface area contributed by atoms with E-state index in [0.717, 1.165) is 6.07 Å². The molecule has 9 nitrogen and oxygen atoms in total. The van der Waals surface area contributed by atoms with E-state index in [1.807, 2.05) is 31.7 Å². The molecule has 188 valence electrons.